The highest BCUT2D eigenvalue weighted by Gasteiger charge is 2.05. The number of rotatable bonds is 3. The van der Waals surface area contributed by atoms with Gasteiger partial charge in [0.25, 0.3) is 0 Å². The Hall–Kier alpha value is -0.560. The first kappa shape index (κ1) is 10.9. The summed E-state index contributed by atoms with van der Waals surface area (Å²) < 4.78 is 1.87. The number of aromatic nitrogens is 2. The van der Waals surface area contributed by atoms with Gasteiger partial charge in [0.1, 0.15) is 6.61 Å². The second-order valence-electron chi connectivity index (χ2n) is 2.92. The summed E-state index contributed by atoms with van der Waals surface area (Å²) >= 11 is 5.58. The fourth-order valence-corrected chi connectivity index (χ4v) is 1.73. The monoisotopic (exact) mass is 378 g/mol. The van der Waals surface area contributed by atoms with Crippen molar-refractivity contribution >= 4 is 38.5 Å². The summed E-state index contributed by atoms with van der Waals surface area (Å²) in [7, 11) is 0. The van der Waals surface area contributed by atoms with E-state index in [4.69, 9.17) is 4.84 Å². The predicted octanol–water partition coefficient (Wildman–Crippen LogP) is 2.88. The highest BCUT2D eigenvalue weighted by atomic mass is 127. The zero-order valence-electron chi connectivity index (χ0n) is 7.73. The molecule has 0 bridgehead atoms. The van der Waals surface area contributed by atoms with Gasteiger partial charge in [0.2, 0.25) is 0 Å². The van der Waals surface area contributed by atoms with Crippen molar-refractivity contribution in [3.63, 3.8) is 0 Å². The molecule has 0 amide bonds. The van der Waals surface area contributed by atoms with Crippen molar-refractivity contribution < 1.29 is 4.84 Å². The van der Waals surface area contributed by atoms with Crippen LogP contribution in [0.15, 0.2) is 41.1 Å². The van der Waals surface area contributed by atoms with Crippen molar-refractivity contribution in [2.24, 2.45) is 0 Å². The number of halogens is 2. The van der Waals surface area contributed by atoms with E-state index < -0.39 is 0 Å². The Labute approximate surface area is 110 Å². The molecule has 3 nitrogen and oxygen atoms in total. The van der Waals surface area contributed by atoms with E-state index in [1.165, 1.54) is 4.85 Å². The number of hydrogen-bond donors (Lipinski definition) is 0. The lowest BCUT2D eigenvalue weighted by Crippen LogP contribution is -2.12. The third-order valence-electron chi connectivity index (χ3n) is 1.84. The van der Waals surface area contributed by atoms with Gasteiger partial charge >= 0.3 is 0 Å². The van der Waals surface area contributed by atoms with Gasteiger partial charge in [0.15, 0.2) is 4.60 Å². The van der Waals surface area contributed by atoms with Crippen LogP contribution in [0.5, 0.6) is 0 Å². The lowest BCUT2D eigenvalue weighted by atomic mass is 10.2. The minimum Gasteiger partial charge on any atom is -0.391 e. The molecule has 0 spiro atoms. The molecule has 0 saturated heterocycles. The minimum atomic E-state index is 0.511. The smallest absolute Gasteiger partial charge is 0.158 e. The van der Waals surface area contributed by atoms with Crippen LogP contribution in [0.25, 0.3) is 0 Å². The van der Waals surface area contributed by atoms with Crippen LogP contribution in [-0.2, 0) is 6.61 Å². The van der Waals surface area contributed by atoms with Gasteiger partial charge in [-0.3, -0.25) is 0 Å². The minimum absolute atomic E-state index is 0.511. The summed E-state index contributed by atoms with van der Waals surface area (Å²) in [4.78, 5) is 6.98. The largest absolute Gasteiger partial charge is 0.391 e. The highest BCUT2D eigenvalue weighted by Crippen LogP contribution is 2.17. The number of nitrogens with zero attached hydrogens (tertiary/aromatic N) is 2. The van der Waals surface area contributed by atoms with Crippen LogP contribution < -0.4 is 4.84 Å². The van der Waals surface area contributed by atoms with E-state index in [-0.39, 0.29) is 0 Å². The van der Waals surface area contributed by atoms with Crippen molar-refractivity contribution in [3.8, 4) is 0 Å². The van der Waals surface area contributed by atoms with Crippen molar-refractivity contribution in [1.82, 2.24) is 9.94 Å². The molecule has 0 aliphatic rings. The SMILES string of the molecule is Brc1c(I)cnn1OCc1ccccc1. The van der Waals surface area contributed by atoms with Crippen LogP contribution in [0.1, 0.15) is 5.56 Å². The topological polar surface area (TPSA) is 27.1 Å². The summed E-state index contributed by atoms with van der Waals surface area (Å²) in [6, 6.07) is 9.99. The Kier molecular flexibility index (Phi) is 3.63. The second-order valence-corrected chi connectivity index (χ2v) is 4.83. The summed E-state index contributed by atoms with van der Waals surface area (Å²) in [5, 5.41) is 4.07. The van der Waals surface area contributed by atoms with E-state index in [0.29, 0.717) is 6.61 Å². The molecule has 78 valence electrons. The van der Waals surface area contributed by atoms with Crippen LogP contribution in [0.2, 0.25) is 0 Å². The molecule has 15 heavy (non-hydrogen) atoms. The quantitative estimate of drug-likeness (QED) is 0.768. The predicted molar refractivity (Wildman–Crippen MR) is 69.4 cm³/mol. The van der Waals surface area contributed by atoms with E-state index >= 15 is 0 Å². The van der Waals surface area contributed by atoms with Crippen molar-refractivity contribution in [2.75, 3.05) is 0 Å². The first-order valence-electron chi connectivity index (χ1n) is 4.33. The van der Waals surface area contributed by atoms with Crippen molar-refractivity contribution in [1.29, 1.82) is 0 Å². The normalized spacial score (nSPS) is 10.3. The van der Waals surface area contributed by atoms with E-state index in [1.54, 1.807) is 6.20 Å². The third kappa shape index (κ3) is 2.72. The summed E-state index contributed by atoms with van der Waals surface area (Å²) in [5.74, 6) is 0. The zero-order chi connectivity index (χ0) is 10.7. The third-order valence-corrected chi connectivity index (χ3v) is 4.10. The maximum absolute atomic E-state index is 5.50. The Morgan fingerprint density at radius 1 is 1.33 bits per heavy atom. The van der Waals surface area contributed by atoms with E-state index in [0.717, 1.165) is 13.7 Å². The molecule has 2 rings (SSSR count). The van der Waals surface area contributed by atoms with Gasteiger partial charge < -0.3 is 4.84 Å². The van der Waals surface area contributed by atoms with Gasteiger partial charge in [0.05, 0.1) is 9.77 Å². The van der Waals surface area contributed by atoms with Gasteiger partial charge in [-0.05, 0) is 44.1 Å². The molecule has 0 aliphatic carbocycles. The molecule has 1 aromatic heterocycles. The van der Waals surface area contributed by atoms with Crippen molar-refractivity contribution in [3.05, 3.63) is 50.3 Å². The molecule has 0 atom stereocenters. The van der Waals surface area contributed by atoms with Gasteiger partial charge in [0, 0.05) is 0 Å². The number of benzene rings is 1. The first-order valence-corrected chi connectivity index (χ1v) is 6.21. The maximum atomic E-state index is 5.50. The summed E-state index contributed by atoms with van der Waals surface area (Å²) in [6.45, 7) is 0.511. The Balaban J connectivity index is 2.02. The van der Waals surface area contributed by atoms with Crippen LogP contribution >= 0.6 is 38.5 Å². The molecule has 5 heteroatoms. The molecule has 0 aliphatic heterocycles. The van der Waals surface area contributed by atoms with Crippen LogP contribution in [0.4, 0.5) is 0 Å². The molecule has 0 N–H and O–H groups in total. The second kappa shape index (κ2) is 4.98. The van der Waals surface area contributed by atoms with Gasteiger partial charge in [-0.25, -0.2) is 0 Å². The van der Waals surface area contributed by atoms with Crippen molar-refractivity contribution in [2.45, 2.75) is 6.61 Å². The fraction of sp³-hybridized carbons (Fsp3) is 0.100. The lowest BCUT2D eigenvalue weighted by Gasteiger charge is -2.05. The van der Waals surface area contributed by atoms with Gasteiger partial charge in [-0.1, -0.05) is 35.2 Å². The average Bonchev–Trinajstić information content (AvgIpc) is 2.59. The molecule has 0 fully saturated rings. The fourth-order valence-electron chi connectivity index (χ4n) is 1.10. The Bertz CT molecular complexity index is 444. The molecular formula is C10H8BrIN2O. The van der Waals surface area contributed by atoms with E-state index in [1.807, 2.05) is 30.3 Å². The van der Waals surface area contributed by atoms with Crippen LogP contribution in [0.3, 0.4) is 0 Å². The summed E-state index contributed by atoms with van der Waals surface area (Å²) in [6.07, 6.45) is 1.75. The molecule has 1 aromatic carbocycles. The summed E-state index contributed by atoms with van der Waals surface area (Å²) in [5.41, 5.74) is 1.12. The maximum Gasteiger partial charge on any atom is 0.158 e. The van der Waals surface area contributed by atoms with Crippen LogP contribution in [-0.4, -0.2) is 9.94 Å². The molecule has 0 unspecified atom stereocenters. The van der Waals surface area contributed by atoms with Crippen LogP contribution in [0, 0.1) is 3.57 Å². The number of hydrogen-bond acceptors (Lipinski definition) is 2. The van der Waals surface area contributed by atoms with E-state index in [2.05, 4.69) is 43.6 Å². The Morgan fingerprint density at radius 2 is 2.07 bits per heavy atom. The first-order chi connectivity index (χ1) is 7.27. The zero-order valence-corrected chi connectivity index (χ0v) is 11.5. The van der Waals surface area contributed by atoms with Gasteiger partial charge in [-0.2, -0.15) is 0 Å². The Morgan fingerprint density at radius 3 is 2.67 bits per heavy atom. The van der Waals surface area contributed by atoms with E-state index in [9.17, 15) is 0 Å². The average molecular weight is 379 g/mol. The molecule has 2 aromatic rings. The molecular weight excluding hydrogens is 371 g/mol. The standard InChI is InChI=1S/C10H8BrIN2O/c11-10-9(12)6-13-14(10)15-7-8-4-2-1-3-5-8/h1-6H,7H2. The lowest BCUT2D eigenvalue weighted by molar-refractivity contribution is 0.0651. The molecule has 0 radical (unpaired) electrons. The van der Waals surface area contributed by atoms with Gasteiger partial charge in [-0.15, -0.1) is 5.10 Å². The molecule has 1 heterocycles. The molecule has 0 saturated carbocycles. The highest BCUT2D eigenvalue weighted by molar-refractivity contribution is 14.1.